The van der Waals surface area contributed by atoms with Gasteiger partial charge in [-0.2, -0.15) is 0 Å². The predicted molar refractivity (Wildman–Crippen MR) is 64.5 cm³/mol. The highest BCUT2D eigenvalue weighted by molar-refractivity contribution is 5.61. The van der Waals surface area contributed by atoms with Crippen LogP contribution in [0.5, 0.6) is 0 Å². The normalized spacial score (nSPS) is 8.93. The summed E-state index contributed by atoms with van der Waals surface area (Å²) >= 11 is 0. The van der Waals surface area contributed by atoms with Gasteiger partial charge >= 0.3 is 0 Å². The summed E-state index contributed by atoms with van der Waals surface area (Å²) in [5, 5.41) is 0. The smallest absolute Gasteiger partial charge is 0.0919 e. The van der Waals surface area contributed by atoms with Crippen molar-refractivity contribution in [2.24, 2.45) is 0 Å². The summed E-state index contributed by atoms with van der Waals surface area (Å²) in [5.41, 5.74) is 3.65. The monoisotopic (exact) mass is 200 g/mol. The molecular weight excluding hydrogens is 184 g/mol. The summed E-state index contributed by atoms with van der Waals surface area (Å²) in [6.07, 6.45) is 5.08. The average Bonchev–Trinajstić information content (AvgIpc) is 2.76. The van der Waals surface area contributed by atoms with E-state index in [0.717, 1.165) is 5.57 Å². The number of rotatable bonds is 1. The zero-order valence-corrected chi connectivity index (χ0v) is 9.20. The van der Waals surface area contributed by atoms with Crippen LogP contribution in [0.15, 0.2) is 49.6 Å². The summed E-state index contributed by atoms with van der Waals surface area (Å²) in [6, 6.07) is 8.39. The Balaban J connectivity index is 0.000000187. The molecule has 0 atom stereocenters. The van der Waals surface area contributed by atoms with Crippen molar-refractivity contribution in [3.05, 3.63) is 60.7 Å². The Kier molecular flexibility index (Phi) is 4.35. The van der Waals surface area contributed by atoms with E-state index < -0.39 is 0 Å². The molecule has 2 heteroatoms. The molecule has 15 heavy (non-hydrogen) atoms. The number of hydrogen-bond donors (Lipinski definition) is 1. The lowest BCUT2D eigenvalue weighted by Crippen LogP contribution is -1.76. The maximum Gasteiger partial charge on any atom is 0.0919 e. The van der Waals surface area contributed by atoms with Gasteiger partial charge in [0, 0.05) is 12.4 Å². The number of hydrogen-bond acceptors (Lipinski definition) is 1. The van der Waals surface area contributed by atoms with Gasteiger partial charge < -0.3 is 4.98 Å². The van der Waals surface area contributed by atoms with Crippen molar-refractivity contribution in [2.45, 2.75) is 13.8 Å². The highest BCUT2D eigenvalue weighted by Crippen LogP contribution is 2.11. The molecule has 1 N–H and O–H groups in total. The molecular formula is C13H16N2. The van der Waals surface area contributed by atoms with Crippen molar-refractivity contribution in [3.8, 4) is 0 Å². The third-order valence-corrected chi connectivity index (χ3v) is 1.95. The van der Waals surface area contributed by atoms with Crippen LogP contribution in [0.4, 0.5) is 0 Å². The Bertz CT molecular complexity index is 368. The molecule has 0 fully saturated rings. The molecule has 0 aliphatic rings. The topological polar surface area (TPSA) is 28.7 Å². The van der Waals surface area contributed by atoms with Gasteiger partial charge in [0.25, 0.3) is 0 Å². The van der Waals surface area contributed by atoms with Gasteiger partial charge in [0.1, 0.15) is 0 Å². The van der Waals surface area contributed by atoms with Gasteiger partial charge in [-0.15, -0.1) is 0 Å². The number of nitrogens with zero attached hydrogens (tertiary/aromatic N) is 1. The molecule has 0 saturated heterocycles. The lowest BCUT2D eigenvalue weighted by atomic mass is 10.1. The van der Waals surface area contributed by atoms with Crippen LogP contribution in [-0.4, -0.2) is 9.97 Å². The average molecular weight is 200 g/mol. The molecule has 0 unspecified atom stereocenters. The number of aromatic amines is 1. The fourth-order valence-corrected chi connectivity index (χ4v) is 1.05. The molecule has 1 aromatic heterocycles. The summed E-state index contributed by atoms with van der Waals surface area (Å²) in [7, 11) is 0. The predicted octanol–water partition coefficient (Wildman–Crippen LogP) is 3.44. The van der Waals surface area contributed by atoms with Crippen molar-refractivity contribution in [1.29, 1.82) is 0 Å². The molecule has 2 rings (SSSR count). The summed E-state index contributed by atoms with van der Waals surface area (Å²) < 4.78 is 0. The minimum Gasteiger partial charge on any atom is -0.351 e. The van der Waals surface area contributed by atoms with E-state index in [2.05, 4.69) is 47.7 Å². The van der Waals surface area contributed by atoms with Crippen LogP contribution in [0, 0.1) is 6.92 Å². The third-order valence-electron chi connectivity index (χ3n) is 1.95. The van der Waals surface area contributed by atoms with Crippen LogP contribution < -0.4 is 0 Å². The first-order valence-electron chi connectivity index (χ1n) is 4.85. The van der Waals surface area contributed by atoms with Gasteiger partial charge in [-0.25, -0.2) is 4.98 Å². The molecule has 1 heterocycles. The summed E-state index contributed by atoms with van der Waals surface area (Å²) in [5.74, 6) is 0. The fourth-order valence-electron chi connectivity index (χ4n) is 1.05. The first-order chi connectivity index (χ1) is 7.20. The van der Waals surface area contributed by atoms with Crippen LogP contribution in [0.25, 0.3) is 5.57 Å². The van der Waals surface area contributed by atoms with E-state index >= 15 is 0 Å². The van der Waals surface area contributed by atoms with Gasteiger partial charge in [0.15, 0.2) is 0 Å². The minimum absolute atomic E-state index is 1.13. The van der Waals surface area contributed by atoms with Crippen molar-refractivity contribution in [2.75, 3.05) is 0 Å². The lowest BCUT2D eigenvalue weighted by Gasteiger charge is -1.98. The molecule has 2 aromatic rings. The van der Waals surface area contributed by atoms with Crippen LogP contribution >= 0.6 is 0 Å². The Morgan fingerprint density at radius 3 is 2.27 bits per heavy atom. The number of nitrogens with one attached hydrogen (secondary N) is 1. The SMILES string of the molecule is C=C(C)c1ccc(C)cc1.c1c[nH]cn1. The first-order valence-corrected chi connectivity index (χ1v) is 4.85. The number of benzene rings is 1. The Morgan fingerprint density at radius 1 is 1.27 bits per heavy atom. The standard InChI is InChI=1S/C10H12.C3H4N2/c1-8(2)10-6-4-9(3)5-7-10;1-2-5-3-4-1/h4-7H,1H2,2-3H3;1-3H,(H,4,5). The quantitative estimate of drug-likeness (QED) is 0.750. The summed E-state index contributed by atoms with van der Waals surface area (Å²) in [6.45, 7) is 7.96. The number of H-pyrrole nitrogens is 1. The van der Waals surface area contributed by atoms with Gasteiger partial charge in [0.05, 0.1) is 6.33 Å². The second-order valence-electron chi connectivity index (χ2n) is 3.41. The number of aromatic nitrogens is 2. The maximum absolute atomic E-state index is 3.86. The van der Waals surface area contributed by atoms with Crippen LogP contribution in [-0.2, 0) is 0 Å². The molecule has 2 nitrogen and oxygen atoms in total. The molecule has 0 amide bonds. The Labute approximate surface area is 90.7 Å². The van der Waals surface area contributed by atoms with Crippen LogP contribution in [0.1, 0.15) is 18.1 Å². The van der Waals surface area contributed by atoms with Crippen molar-refractivity contribution < 1.29 is 0 Å². The second kappa shape index (κ2) is 5.81. The molecule has 1 aromatic carbocycles. The van der Waals surface area contributed by atoms with Crippen LogP contribution in [0.2, 0.25) is 0 Å². The molecule has 0 saturated carbocycles. The maximum atomic E-state index is 3.86. The van der Waals surface area contributed by atoms with E-state index in [0.29, 0.717) is 0 Å². The zero-order valence-electron chi connectivity index (χ0n) is 9.20. The highest BCUT2D eigenvalue weighted by Gasteiger charge is 1.89. The van der Waals surface area contributed by atoms with Gasteiger partial charge in [-0.3, -0.25) is 0 Å². The number of allylic oxidation sites excluding steroid dienone is 1. The second-order valence-corrected chi connectivity index (χ2v) is 3.41. The van der Waals surface area contributed by atoms with Gasteiger partial charge in [-0.1, -0.05) is 42.0 Å². The largest absolute Gasteiger partial charge is 0.351 e. The lowest BCUT2D eigenvalue weighted by molar-refractivity contribution is 1.31. The Hall–Kier alpha value is -1.83. The van der Waals surface area contributed by atoms with Crippen molar-refractivity contribution in [1.82, 2.24) is 9.97 Å². The van der Waals surface area contributed by atoms with Crippen LogP contribution in [0.3, 0.4) is 0 Å². The van der Waals surface area contributed by atoms with Crippen molar-refractivity contribution >= 4 is 5.57 Å². The molecule has 78 valence electrons. The van der Waals surface area contributed by atoms with Gasteiger partial charge in [-0.05, 0) is 19.4 Å². The van der Waals surface area contributed by atoms with Gasteiger partial charge in [0.2, 0.25) is 0 Å². The molecule has 0 aliphatic carbocycles. The molecule has 0 spiro atoms. The van der Waals surface area contributed by atoms with E-state index in [1.807, 2.05) is 6.92 Å². The number of aryl methyl sites for hydroxylation is 1. The summed E-state index contributed by atoms with van der Waals surface area (Å²) in [4.78, 5) is 6.42. The molecule has 0 aliphatic heterocycles. The van der Waals surface area contributed by atoms with Crippen molar-refractivity contribution in [3.63, 3.8) is 0 Å². The first kappa shape index (κ1) is 11.2. The van der Waals surface area contributed by atoms with E-state index in [1.54, 1.807) is 18.7 Å². The third kappa shape index (κ3) is 4.27. The fraction of sp³-hybridized carbons (Fsp3) is 0.154. The Morgan fingerprint density at radius 2 is 1.93 bits per heavy atom. The molecule has 0 radical (unpaired) electrons. The number of imidazole rings is 1. The van der Waals surface area contributed by atoms with E-state index in [4.69, 9.17) is 0 Å². The zero-order chi connectivity index (χ0) is 11.1. The van der Waals surface area contributed by atoms with E-state index in [9.17, 15) is 0 Å². The minimum atomic E-state index is 1.13. The highest BCUT2D eigenvalue weighted by atomic mass is 14.8. The molecule has 0 bridgehead atoms. The van der Waals surface area contributed by atoms with E-state index in [1.165, 1.54) is 11.1 Å². The van der Waals surface area contributed by atoms with E-state index in [-0.39, 0.29) is 0 Å².